The fourth-order valence-electron chi connectivity index (χ4n) is 2.45. The van der Waals surface area contributed by atoms with Crippen LogP contribution in [-0.4, -0.2) is 48.2 Å². The van der Waals surface area contributed by atoms with E-state index in [1.807, 2.05) is 0 Å². The summed E-state index contributed by atoms with van der Waals surface area (Å²) in [5.74, 6) is 0. The van der Waals surface area contributed by atoms with Crippen LogP contribution in [0.1, 0.15) is 19.4 Å². The lowest BCUT2D eigenvalue weighted by Crippen LogP contribution is -2.48. The number of nitrogens with zero attached hydrogens (tertiary/aromatic N) is 2. The number of nitro groups is 1. The van der Waals surface area contributed by atoms with Crippen molar-refractivity contribution in [1.29, 1.82) is 0 Å². The van der Waals surface area contributed by atoms with Gasteiger partial charge >= 0.3 is 0 Å². The van der Waals surface area contributed by atoms with Gasteiger partial charge in [-0.1, -0.05) is 12.1 Å². The quantitative estimate of drug-likeness (QED) is 0.640. The Kier molecular flexibility index (Phi) is 5.67. The minimum Gasteiger partial charge on any atom is -0.374 e. The molecule has 116 valence electrons. The molecular weight excluding hydrogens is 270 g/mol. The maximum atomic E-state index is 10.6. The van der Waals surface area contributed by atoms with E-state index < -0.39 is 0 Å². The number of hydrogen-bond donors (Lipinski definition) is 1. The Labute approximate surface area is 125 Å². The molecule has 1 aromatic rings. The number of nitro benzene ring substituents is 1. The van der Waals surface area contributed by atoms with Gasteiger partial charge in [-0.05, 0) is 19.4 Å². The van der Waals surface area contributed by atoms with Crippen LogP contribution in [0.3, 0.4) is 0 Å². The van der Waals surface area contributed by atoms with Crippen LogP contribution in [0.2, 0.25) is 0 Å². The zero-order valence-corrected chi connectivity index (χ0v) is 12.6. The second kappa shape index (κ2) is 7.49. The minimum absolute atomic E-state index is 0.127. The van der Waals surface area contributed by atoms with Crippen LogP contribution in [0.25, 0.3) is 0 Å². The van der Waals surface area contributed by atoms with Crippen molar-refractivity contribution in [2.75, 3.05) is 26.2 Å². The second-order valence-corrected chi connectivity index (χ2v) is 5.64. The van der Waals surface area contributed by atoms with Crippen LogP contribution >= 0.6 is 0 Å². The number of morpholine rings is 1. The van der Waals surface area contributed by atoms with Gasteiger partial charge in [-0.2, -0.15) is 0 Å². The van der Waals surface area contributed by atoms with E-state index in [1.165, 1.54) is 12.1 Å². The summed E-state index contributed by atoms with van der Waals surface area (Å²) in [5, 5.41) is 13.9. The van der Waals surface area contributed by atoms with E-state index in [2.05, 4.69) is 24.1 Å². The predicted octanol–water partition coefficient (Wildman–Crippen LogP) is 1.79. The molecule has 1 fully saturated rings. The summed E-state index contributed by atoms with van der Waals surface area (Å²) in [4.78, 5) is 12.6. The third-order valence-electron chi connectivity index (χ3n) is 3.75. The Hall–Kier alpha value is -1.50. The summed E-state index contributed by atoms with van der Waals surface area (Å²) in [7, 11) is 0. The molecule has 0 spiro atoms. The molecule has 0 saturated carbocycles. The van der Waals surface area contributed by atoms with Crippen LogP contribution in [0.5, 0.6) is 0 Å². The van der Waals surface area contributed by atoms with Gasteiger partial charge in [-0.15, -0.1) is 0 Å². The molecule has 0 bridgehead atoms. The number of nitrogens with one attached hydrogen (secondary N) is 1. The molecule has 21 heavy (non-hydrogen) atoms. The molecule has 0 amide bonds. The average Bonchev–Trinajstić information content (AvgIpc) is 2.48. The van der Waals surface area contributed by atoms with Crippen LogP contribution in [0.4, 0.5) is 5.69 Å². The van der Waals surface area contributed by atoms with Gasteiger partial charge in [-0.3, -0.25) is 15.0 Å². The summed E-state index contributed by atoms with van der Waals surface area (Å²) in [6.45, 7) is 8.61. The summed E-state index contributed by atoms with van der Waals surface area (Å²) in [6, 6.07) is 7.19. The average molecular weight is 293 g/mol. The molecule has 6 heteroatoms. The Morgan fingerprint density at radius 3 is 2.76 bits per heavy atom. The van der Waals surface area contributed by atoms with Gasteiger partial charge in [0.25, 0.3) is 5.69 Å². The minimum atomic E-state index is -0.381. The van der Waals surface area contributed by atoms with Crippen molar-refractivity contribution in [3.63, 3.8) is 0 Å². The summed E-state index contributed by atoms with van der Waals surface area (Å²) in [6.07, 6.45) is 0.208. The largest absolute Gasteiger partial charge is 0.374 e. The Morgan fingerprint density at radius 1 is 1.43 bits per heavy atom. The number of benzene rings is 1. The maximum absolute atomic E-state index is 10.6. The third-order valence-corrected chi connectivity index (χ3v) is 3.75. The van der Waals surface area contributed by atoms with Crippen LogP contribution in [0, 0.1) is 10.1 Å². The number of rotatable bonds is 6. The van der Waals surface area contributed by atoms with E-state index in [0.717, 1.165) is 31.8 Å². The van der Waals surface area contributed by atoms with Crippen molar-refractivity contribution in [2.45, 2.75) is 32.5 Å². The monoisotopic (exact) mass is 293 g/mol. The van der Waals surface area contributed by atoms with Crippen molar-refractivity contribution in [3.8, 4) is 0 Å². The highest BCUT2D eigenvalue weighted by molar-refractivity contribution is 5.32. The molecule has 0 aromatic heterocycles. The molecule has 6 nitrogen and oxygen atoms in total. The van der Waals surface area contributed by atoms with E-state index in [9.17, 15) is 10.1 Å². The van der Waals surface area contributed by atoms with Gasteiger partial charge in [0.1, 0.15) is 0 Å². The number of hydrogen-bond acceptors (Lipinski definition) is 5. The topological polar surface area (TPSA) is 67.6 Å². The molecule has 0 aliphatic carbocycles. The van der Waals surface area contributed by atoms with Crippen molar-refractivity contribution in [1.82, 2.24) is 10.2 Å². The summed E-state index contributed by atoms with van der Waals surface area (Å²) < 4.78 is 5.75. The van der Waals surface area contributed by atoms with E-state index >= 15 is 0 Å². The molecule has 1 N–H and O–H groups in total. The predicted molar refractivity (Wildman–Crippen MR) is 81.3 cm³/mol. The zero-order chi connectivity index (χ0) is 15.2. The van der Waals surface area contributed by atoms with Crippen LogP contribution in [-0.2, 0) is 11.3 Å². The lowest BCUT2D eigenvalue weighted by Gasteiger charge is -2.35. The van der Waals surface area contributed by atoms with Gasteiger partial charge in [0.05, 0.1) is 17.6 Å². The molecule has 2 rings (SSSR count). The highest BCUT2D eigenvalue weighted by atomic mass is 16.6. The molecule has 0 radical (unpaired) electrons. The fraction of sp³-hybridized carbons (Fsp3) is 0.600. The number of non-ortho nitro benzene ring substituents is 1. The first-order valence-corrected chi connectivity index (χ1v) is 7.36. The van der Waals surface area contributed by atoms with Crippen molar-refractivity contribution < 1.29 is 9.66 Å². The first-order valence-electron chi connectivity index (χ1n) is 7.36. The SMILES string of the molecule is CC(C)N1CCOC(CNCc2ccc([N+](=O)[O-])cc2)C1. The van der Waals surface area contributed by atoms with Gasteiger partial charge in [0.15, 0.2) is 0 Å². The van der Waals surface area contributed by atoms with E-state index in [4.69, 9.17) is 4.74 Å². The molecule has 1 saturated heterocycles. The third kappa shape index (κ3) is 4.77. The standard InChI is InChI=1S/C15H23N3O3/c1-12(2)17-7-8-21-15(11-17)10-16-9-13-3-5-14(6-4-13)18(19)20/h3-6,12,15-16H,7-11H2,1-2H3. The van der Waals surface area contributed by atoms with Crippen LogP contribution < -0.4 is 5.32 Å². The molecule has 1 heterocycles. The van der Waals surface area contributed by atoms with Gasteiger partial charge in [-0.25, -0.2) is 0 Å². The first-order chi connectivity index (χ1) is 10.1. The maximum Gasteiger partial charge on any atom is 0.269 e. The molecule has 1 atom stereocenters. The Bertz CT molecular complexity index is 462. The first kappa shape index (κ1) is 15.9. The van der Waals surface area contributed by atoms with Gasteiger partial charge in [0.2, 0.25) is 0 Å². The van der Waals surface area contributed by atoms with E-state index in [-0.39, 0.29) is 16.7 Å². The zero-order valence-electron chi connectivity index (χ0n) is 12.6. The smallest absolute Gasteiger partial charge is 0.269 e. The summed E-state index contributed by atoms with van der Waals surface area (Å²) >= 11 is 0. The highest BCUT2D eigenvalue weighted by Crippen LogP contribution is 2.12. The van der Waals surface area contributed by atoms with Gasteiger partial charge < -0.3 is 10.1 Å². The Balaban J connectivity index is 1.75. The normalized spacial score (nSPS) is 19.9. The molecule has 1 unspecified atom stereocenters. The van der Waals surface area contributed by atoms with Crippen molar-refractivity contribution in [2.24, 2.45) is 0 Å². The molecular formula is C15H23N3O3. The van der Waals surface area contributed by atoms with Crippen LogP contribution in [0.15, 0.2) is 24.3 Å². The number of ether oxygens (including phenoxy) is 1. The van der Waals surface area contributed by atoms with Gasteiger partial charge in [0, 0.05) is 44.4 Å². The van der Waals surface area contributed by atoms with Crippen molar-refractivity contribution in [3.05, 3.63) is 39.9 Å². The second-order valence-electron chi connectivity index (χ2n) is 5.64. The molecule has 1 aliphatic rings. The van der Waals surface area contributed by atoms with E-state index in [0.29, 0.717) is 12.6 Å². The van der Waals surface area contributed by atoms with Crippen molar-refractivity contribution >= 4 is 5.69 Å². The highest BCUT2D eigenvalue weighted by Gasteiger charge is 2.21. The fourth-order valence-corrected chi connectivity index (χ4v) is 2.45. The lowest BCUT2D eigenvalue weighted by molar-refractivity contribution is -0.384. The lowest BCUT2D eigenvalue weighted by atomic mass is 10.2. The van der Waals surface area contributed by atoms with E-state index in [1.54, 1.807) is 12.1 Å². The Morgan fingerprint density at radius 2 is 2.14 bits per heavy atom. The molecule has 1 aromatic carbocycles. The summed E-state index contributed by atoms with van der Waals surface area (Å²) in [5.41, 5.74) is 1.17. The molecule has 1 aliphatic heterocycles.